The molecule has 0 saturated carbocycles. The number of nitrogens with one attached hydrogen (secondary N) is 1. The van der Waals surface area contributed by atoms with Crippen LogP contribution in [0.3, 0.4) is 0 Å². The van der Waals surface area contributed by atoms with Gasteiger partial charge in [-0.15, -0.1) is 10.2 Å². The third-order valence-corrected chi connectivity index (χ3v) is 6.05. The minimum Gasteiger partial charge on any atom is -0.486 e. The van der Waals surface area contributed by atoms with Crippen molar-refractivity contribution >= 4 is 29.3 Å². The van der Waals surface area contributed by atoms with Gasteiger partial charge in [0.25, 0.3) is 0 Å². The molecule has 35 heavy (non-hydrogen) atoms. The Morgan fingerprint density at radius 1 is 1.06 bits per heavy atom. The summed E-state index contributed by atoms with van der Waals surface area (Å²) in [5, 5.41) is 11.9. The van der Waals surface area contributed by atoms with Gasteiger partial charge < -0.3 is 19.4 Å². The van der Waals surface area contributed by atoms with E-state index in [0.29, 0.717) is 34.7 Å². The van der Waals surface area contributed by atoms with E-state index in [0.717, 1.165) is 5.75 Å². The molecule has 1 heterocycles. The zero-order valence-electron chi connectivity index (χ0n) is 20.8. The van der Waals surface area contributed by atoms with Crippen LogP contribution in [0.25, 0.3) is 0 Å². The van der Waals surface area contributed by atoms with Gasteiger partial charge in [-0.05, 0) is 62.6 Å². The summed E-state index contributed by atoms with van der Waals surface area (Å²) in [4.78, 5) is 24.6. The molecular formula is C26H32N4O4S. The second kappa shape index (κ2) is 12.4. The van der Waals surface area contributed by atoms with Crippen molar-refractivity contribution in [2.24, 2.45) is 0 Å². The first-order valence-corrected chi connectivity index (χ1v) is 12.6. The molecule has 0 atom stereocenters. The number of carbonyl (C=O) groups is 2. The van der Waals surface area contributed by atoms with E-state index in [9.17, 15) is 9.59 Å². The number of hydrogen-bond acceptors (Lipinski definition) is 7. The number of nitrogens with zero attached hydrogens (tertiary/aromatic N) is 3. The van der Waals surface area contributed by atoms with Crippen LogP contribution in [0.15, 0.2) is 53.7 Å². The molecule has 0 fully saturated rings. The first-order valence-electron chi connectivity index (χ1n) is 11.6. The van der Waals surface area contributed by atoms with Crippen molar-refractivity contribution < 1.29 is 19.1 Å². The van der Waals surface area contributed by atoms with Gasteiger partial charge >= 0.3 is 5.97 Å². The number of esters is 1. The number of ether oxygens (including phenoxy) is 2. The van der Waals surface area contributed by atoms with Gasteiger partial charge in [0, 0.05) is 12.2 Å². The summed E-state index contributed by atoms with van der Waals surface area (Å²) < 4.78 is 13.0. The SMILES string of the molecule is CCn1c(COc2ccc(C(C)C)cc2)nnc1SCC(=O)Nc1cccc(C(=O)OC(C)C)c1. The Bertz CT molecular complexity index is 1140. The Hall–Kier alpha value is -3.33. The zero-order valence-corrected chi connectivity index (χ0v) is 21.6. The highest BCUT2D eigenvalue weighted by molar-refractivity contribution is 7.99. The summed E-state index contributed by atoms with van der Waals surface area (Å²) in [5.74, 6) is 1.45. The average molecular weight is 497 g/mol. The Balaban J connectivity index is 1.55. The summed E-state index contributed by atoms with van der Waals surface area (Å²) in [6.07, 6.45) is -0.214. The standard InChI is InChI=1S/C26H32N4O4S/c1-6-30-23(15-33-22-12-10-19(11-13-22)17(2)3)28-29-26(30)35-16-24(31)27-21-9-7-8-20(14-21)25(32)34-18(4)5/h7-14,17-18H,6,15-16H2,1-5H3,(H,27,31). The molecule has 9 heteroatoms. The second-order valence-electron chi connectivity index (χ2n) is 8.53. The number of anilines is 1. The van der Waals surface area contributed by atoms with Crippen molar-refractivity contribution in [1.82, 2.24) is 14.8 Å². The van der Waals surface area contributed by atoms with Crippen LogP contribution in [0.5, 0.6) is 5.75 Å². The van der Waals surface area contributed by atoms with E-state index in [1.165, 1.54) is 17.3 Å². The number of aromatic nitrogens is 3. The summed E-state index contributed by atoms with van der Waals surface area (Å²) in [6, 6.07) is 14.7. The lowest BCUT2D eigenvalue weighted by molar-refractivity contribution is -0.113. The van der Waals surface area contributed by atoms with E-state index in [1.807, 2.05) is 23.6 Å². The summed E-state index contributed by atoms with van der Waals surface area (Å²) in [5.41, 5.74) is 2.18. The molecule has 0 aliphatic carbocycles. The van der Waals surface area contributed by atoms with Crippen LogP contribution in [-0.2, 0) is 22.7 Å². The largest absolute Gasteiger partial charge is 0.486 e. The molecule has 1 N–H and O–H groups in total. The first kappa shape index (κ1) is 26.3. The fraction of sp³-hybridized carbons (Fsp3) is 0.385. The predicted molar refractivity (Wildman–Crippen MR) is 137 cm³/mol. The lowest BCUT2D eigenvalue weighted by atomic mass is 10.0. The van der Waals surface area contributed by atoms with Gasteiger partial charge in [0.05, 0.1) is 17.4 Å². The molecule has 0 bridgehead atoms. The number of benzene rings is 2. The van der Waals surface area contributed by atoms with Crippen LogP contribution in [0, 0.1) is 0 Å². The fourth-order valence-corrected chi connectivity index (χ4v) is 4.10. The molecule has 3 rings (SSSR count). The summed E-state index contributed by atoms with van der Waals surface area (Å²) in [7, 11) is 0. The van der Waals surface area contributed by atoms with Gasteiger partial charge in [0.2, 0.25) is 5.91 Å². The molecule has 1 amide bonds. The molecule has 0 unspecified atom stereocenters. The van der Waals surface area contributed by atoms with Crippen LogP contribution < -0.4 is 10.1 Å². The minimum absolute atomic E-state index is 0.149. The first-order chi connectivity index (χ1) is 16.8. The monoisotopic (exact) mass is 496 g/mol. The zero-order chi connectivity index (χ0) is 25.4. The van der Waals surface area contributed by atoms with Crippen molar-refractivity contribution in [1.29, 1.82) is 0 Å². The number of amides is 1. The number of thioether (sulfide) groups is 1. The van der Waals surface area contributed by atoms with Gasteiger partial charge in [-0.25, -0.2) is 4.79 Å². The molecule has 0 aliphatic rings. The van der Waals surface area contributed by atoms with E-state index < -0.39 is 5.97 Å². The maximum atomic E-state index is 12.5. The van der Waals surface area contributed by atoms with Gasteiger partial charge in [-0.2, -0.15) is 0 Å². The molecule has 1 aromatic heterocycles. The smallest absolute Gasteiger partial charge is 0.338 e. The van der Waals surface area contributed by atoms with Gasteiger partial charge in [-0.1, -0.05) is 43.8 Å². The lowest BCUT2D eigenvalue weighted by Crippen LogP contribution is -2.16. The Kier molecular flexibility index (Phi) is 9.31. The molecule has 2 aromatic carbocycles. The third kappa shape index (κ3) is 7.58. The number of carbonyl (C=O) groups excluding carboxylic acids is 2. The van der Waals surface area contributed by atoms with Gasteiger partial charge in [0.1, 0.15) is 12.4 Å². The topological polar surface area (TPSA) is 95.3 Å². The third-order valence-electron chi connectivity index (χ3n) is 5.08. The Labute approximate surface area is 210 Å². The highest BCUT2D eigenvalue weighted by Crippen LogP contribution is 2.21. The highest BCUT2D eigenvalue weighted by Gasteiger charge is 2.15. The van der Waals surface area contributed by atoms with Crippen molar-refractivity contribution in [2.75, 3.05) is 11.1 Å². The van der Waals surface area contributed by atoms with Gasteiger partial charge in [0.15, 0.2) is 11.0 Å². The Morgan fingerprint density at radius 3 is 2.46 bits per heavy atom. The summed E-state index contributed by atoms with van der Waals surface area (Å²) in [6.45, 7) is 10.8. The average Bonchev–Trinajstić information content (AvgIpc) is 3.23. The molecule has 0 aliphatic heterocycles. The van der Waals surface area contributed by atoms with E-state index in [2.05, 4.69) is 41.5 Å². The van der Waals surface area contributed by atoms with Crippen LogP contribution in [-0.4, -0.2) is 38.5 Å². The van der Waals surface area contributed by atoms with E-state index in [1.54, 1.807) is 38.1 Å². The molecule has 186 valence electrons. The van der Waals surface area contributed by atoms with Gasteiger partial charge in [-0.3, -0.25) is 4.79 Å². The van der Waals surface area contributed by atoms with E-state index in [-0.39, 0.29) is 24.4 Å². The Morgan fingerprint density at radius 2 is 1.80 bits per heavy atom. The molecule has 0 saturated heterocycles. The molecule has 8 nitrogen and oxygen atoms in total. The van der Waals surface area contributed by atoms with Crippen LogP contribution in [0.1, 0.15) is 62.3 Å². The molecule has 0 spiro atoms. The highest BCUT2D eigenvalue weighted by atomic mass is 32.2. The maximum Gasteiger partial charge on any atom is 0.338 e. The van der Waals surface area contributed by atoms with Crippen LogP contribution in [0.4, 0.5) is 5.69 Å². The predicted octanol–water partition coefficient (Wildman–Crippen LogP) is 5.30. The molecule has 0 radical (unpaired) electrons. The number of rotatable bonds is 11. The number of hydrogen-bond donors (Lipinski definition) is 1. The second-order valence-corrected chi connectivity index (χ2v) is 9.47. The van der Waals surface area contributed by atoms with Crippen molar-refractivity contribution in [3.63, 3.8) is 0 Å². The van der Waals surface area contributed by atoms with E-state index in [4.69, 9.17) is 9.47 Å². The van der Waals surface area contributed by atoms with Crippen LogP contribution >= 0.6 is 11.8 Å². The quantitative estimate of drug-likeness (QED) is 0.284. The van der Waals surface area contributed by atoms with E-state index >= 15 is 0 Å². The fourth-order valence-electron chi connectivity index (χ4n) is 3.28. The van der Waals surface area contributed by atoms with Crippen molar-refractivity contribution in [3.05, 3.63) is 65.5 Å². The van der Waals surface area contributed by atoms with Crippen LogP contribution in [0.2, 0.25) is 0 Å². The van der Waals surface area contributed by atoms with Crippen molar-refractivity contribution in [2.45, 2.75) is 64.9 Å². The maximum absolute atomic E-state index is 12.5. The normalized spacial score (nSPS) is 11.1. The molecule has 3 aromatic rings. The van der Waals surface area contributed by atoms with Crippen molar-refractivity contribution in [3.8, 4) is 5.75 Å². The lowest BCUT2D eigenvalue weighted by Gasteiger charge is -2.11. The summed E-state index contributed by atoms with van der Waals surface area (Å²) >= 11 is 1.30. The molecular weight excluding hydrogens is 464 g/mol. The minimum atomic E-state index is -0.424.